The van der Waals surface area contributed by atoms with Crippen molar-refractivity contribution in [3.8, 4) is 11.3 Å². The number of pyridine rings is 2. The highest BCUT2D eigenvalue weighted by Crippen LogP contribution is 2.32. The van der Waals surface area contributed by atoms with Crippen molar-refractivity contribution in [3.05, 3.63) is 53.2 Å². The smallest absolute Gasteiger partial charge is 0.259 e. The Morgan fingerprint density at radius 1 is 1.09 bits per heavy atom. The number of amides is 1. The van der Waals surface area contributed by atoms with Gasteiger partial charge in [-0.15, -0.1) is 0 Å². The van der Waals surface area contributed by atoms with E-state index >= 15 is 0 Å². The number of aromatic nitrogens is 4. The Morgan fingerprint density at radius 2 is 1.91 bits per heavy atom. The lowest BCUT2D eigenvalue weighted by atomic mass is 10.0. The van der Waals surface area contributed by atoms with Gasteiger partial charge in [-0.05, 0) is 45.0 Å². The predicted molar refractivity (Wildman–Crippen MR) is 129 cm³/mol. The zero-order valence-corrected chi connectivity index (χ0v) is 19.8. The highest BCUT2D eigenvalue weighted by Gasteiger charge is 2.28. The summed E-state index contributed by atoms with van der Waals surface area (Å²) in [4.78, 5) is 32.4. The van der Waals surface area contributed by atoms with Crippen LogP contribution in [0.2, 0.25) is 0 Å². The number of rotatable bonds is 3. The molecule has 0 unspecified atom stereocenters. The summed E-state index contributed by atoms with van der Waals surface area (Å²) in [6.45, 7) is 8.20. The number of anilines is 1. The standard InChI is InChI=1S/C24H22N6O3S/c1-13-11-16(15(3)32-13)19-12-17(20-14(2)28-33-21(20)26-19)23(31)29-7-9-30(10-8-29)24-27-18-5-4-6-25-22(18)34-24/h4-6,11-12H,7-10H2,1-3H3. The molecule has 172 valence electrons. The second kappa shape index (κ2) is 7.91. The SMILES string of the molecule is Cc1cc(-c2cc(C(=O)N3CCN(c4nc5cccnc5s4)CC3)c3c(C)noc3n2)c(C)o1. The third kappa shape index (κ3) is 3.41. The zero-order chi connectivity index (χ0) is 23.4. The van der Waals surface area contributed by atoms with Crippen LogP contribution in [0.5, 0.6) is 0 Å². The van der Waals surface area contributed by atoms with Crippen molar-refractivity contribution in [2.24, 2.45) is 0 Å². The van der Waals surface area contributed by atoms with E-state index in [4.69, 9.17) is 13.9 Å². The van der Waals surface area contributed by atoms with E-state index in [2.05, 4.69) is 20.0 Å². The van der Waals surface area contributed by atoms with Crippen LogP contribution in [0.15, 0.2) is 39.4 Å². The van der Waals surface area contributed by atoms with E-state index in [0.717, 1.165) is 32.6 Å². The third-order valence-electron chi connectivity index (χ3n) is 6.16. The molecule has 6 heterocycles. The van der Waals surface area contributed by atoms with Gasteiger partial charge in [0.15, 0.2) is 5.13 Å². The van der Waals surface area contributed by atoms with E-state index in [0.29, 0.717) is 54.2 Å². The van der Waals surface area contributed by atoms with Gasteiger partial charge < -0.3 is 18.7 Å². The summed E-state index contributed by atoms with van der Waals surface area (Å²) >= 11 is 1.58. The van der Waals surface area contributed by atoms with Crippen LogP contribution in [0, 0.1) is 20.8 Å². The molecule has 1 amide bonds. The number of carbonyl (C=O) groups excluding carboxylic acids is 1. The molecule has 34 heavy (non-hydrogen) atoms. The molecule has 0 aliphatic carbocycles. The molecule has 0 N–H and O–H groups in total. The lowest BCUT2D eigenvalue weighted by molar-refractivity contribution is 0.0748. The molecule has 6 rings (SSSR count). The average molecular weight is 475 g/mol. The van der Waals surface area contributed by atoms with Crippen LogP contribution < -0.4 is 4.90 Å². The van der Waals surface area contributed by atoms with E-state index in [9.17, 15) is 4.79 Å². The number of piperazine rings is 1. The summed E-state index contributed by atoms with van der Waals surface area (Å²) in [6, 6.07) is 7.62. The molecule has 0 aromatic carbocycles. The van der Waals surface area contributed by atoms with Gasteiger partial charge in [0.05, 0.1) is 22.3 Å². The van der Waals surface area contributed by atoms with E-state index in [1.165, 1.54) is 0 Å². The highest BCUT2D eigenvalue weighted by atomic mass is 32.1. The minimum Gasteiger partial charge on any atom is -0.466 e. The minimum atomic E-state index is -0.0524. The van der Waals surface area contributed by atoms with E-state index in [-0.39, 0.29) is 5.91 Å². The number of thiazole rings is 1. The van der Waals surface area contributed by atoms with Gasteiger partial charge in [-0.3, -0.25) is 4.79 Å². The van der Waals surface area contributed by atoms with Crippen LogP contribution in [0.25, 0.3) is 32.7 Å². The first-order valence-electron chi connectivity index (χ1n) is 11.1. The van der Waals surface area contributed by atoms with Gasteiger partial charge in [-0.2, -0.15) is 0 Å². The van der Waals surface area contributed by atoms with Crippen molar-refractivity contribution >= 4 is 43.8 Å². The maximum atomic E-state index is 13.7. The number of furan rings is 1. The average Bonchev–Trinajstić information content (AvgIpc) is 3.54. The molecule has 0 saturated carbocycles. The van der Waals surface area contributed by atoms with Gasteiger partial charge in [0.25, 0.3) is 11.6 Å². The number of aryl methyl sites for hydroxylation is 3. The first-order valence-corrected chi connectivity index (χ1v) is 11.9. The Balaban J connectivity index is 1.29. The summed E-state index contributed by atoms with van der Waals surface area (Å²) < 4.78 is 11.1. The van der Waals surface area contributed by atoms with Gasteiger partial charge in [0, 0.05) is 37.9 Å². The van der Waals surface area contributed by atoms with Gasteiger partial charge in [0.1, 0.15) is 21.9 Å². The molecule has 0 radical (unpaired) electrons. The molecule has 1 saturated heterocycles. The van der Waals surface area contributed by atoms with Gasteiger partial charge in [-0.1, -0.05) is 16.5 Å². The van der Waals surface area contributed by atoms with Gasteiger partial charge >= 0.3 is 0 Å². The van der Waals surface area contributed by atoms with Crippen molar-refractivity contribution in [2.45, 2.75) is 20.8 Å². The van der Waals surface area contributed by atoms with Crippen LogP contribution >= 0.6 is 11.3 Å². The molecule has 0 atom stereocenters. The quantitative estimate of drug-likeness (QED) is 0.380. The predicted octanol–water partition coefficient (Wildman–Crippen LogP) is 4.38. The highest BCUT2D eigenvalue weighted by molar-refractivity contribution is 7.21. The molecule has 1 aliphatic heterocycles. The number of nitrogens with zero attached hydrogens (tertiary/aromatic N) is 6. The lowest BCUT2D eigenvalue weighted by Gasteiger charge is -2.34. The van der Waals surface area contributed by atoms with Crippen molar-refractivity contribution in [1.82, 2.24) is 25.0 Å². The van der Waals surface area contributed by atoms with Crippen molar-refractivity contribution < 1.29 is 13.7 Å². The maximum Gasteiger partial charge on any atom is 0.259 e. The largest absolute Gasteiger partial charge is 0.466 e. The molecule has 5 aromatic heterocycles. The minimum absolute atomic E-state index is 0.0524. The fourth-order valence-electron chi connectivity index (χ4n) is 4.45. The first kappa shape index (κ1) is 20.8. The maximum absolute atomic E-state index is 13.7. The lowest BCUT2D eigenvalue weighted by Crippen LogP contribution is -2.48. The first-order chi connectivity index (χ1) is 16.5. The fraction of sp³-hybridized carbons (Fsp3) is 0.292. The number of fused-ring (bicyclic) bond motifs is 2. The molecule has 1 fully saturated rings. The summed E-state index contributed by atoms with van der Waals surface area (Å²) in [6.07, 6.45) is 1.78. The Morgan fingerprint density at radius 3 is 2.65 bits per heavy atom. The number of hydrogen-bond donors (Lipinski definition) is 0. The Bertz CT molecular complexity index is 1510. The van der Waals surface area contributed by atoms with E-state index in [1.54, 1.807) is 17.5 Å². The fourth-order valence-corrected chi connectivity index (χ4v) is 5.41. The Kier molecular flexibility index (Phi) is 4.84. The van der Waals surface area contributed by atoms with E-state index in [1.807, 2.05) is 49.9 Å². The van der Waals surface area contributed by atoms with Gasteiger partial charge in [-0.25, -0.2) is 15.0 Å². The molecule has 0 spiro atoms. The van der Waals surface area contributed by atoms with Crippen LogP contribution in [0.3, 0.4) is 0 Å². The Hall–Kier alpha value is -3.79. The number of carbonyl (C=O) groups is 1. The van der Waals surface area contributed by atoms with Crippen LogP contribution in [0.4, 0.5) is 5.13 Å². The Labute approximate surface area is 199 Å². The molecule has 10 heteroatoms. The summed E-state index contributed by atoms with van der Waals surface area (Å²) in [5, 5.41) is 5.66. The summed E-state index contributed by atoms with van der Waals surface area (Å²) in [5.41, 5.74) is 3.95. The van der Waals surface area contributed by atoms with Crippen LogP contribution in [0.1, 0.15) is 27.6 Å². The molecule has 5 aromatic rings. The second-order valence-electron chi connectivity index (χ2n) is 8.43. The second-order valence-corrected chi connectivity index (χ2v) is 9.39. The van der Waals surface area contributed by atoms with E-state index < -0.39 is 0 Å². The van der Waals surface area contributed by atoms with Crippen molar-refractivity contribution in [1.29, 1.82) is 0 Å². The monoisotopic (exact) mass is 474 g/mol. The van der Waals surface area contributed by atoms with Crippen LogP contribution in [-0.4, -0.2) is 57.1 Å². The molecular weight excluding hydrogens is 452 g/mol. The topological polar surface area (TPSA) is 101 Å². The number of hydrogen-bond acceptors (Lipinski definition) is 9. The third-order valence-corrected chi connectivity index (χ3v) is 7.20. The zero-order valence-electron chi connectivity index (χ0n) is 19.0. The summed E-state index contributed by atoms with van der Waals surface area (Å²) in [7, 11) is 0. The van der Waals surface area contributed by atoms with Crippen molar-refractivity contribution in [2.75, 3.05) is 31.1 Å². The molecular formula is C24H22N6O3S. The normalized spacial score (nSPS) is 14.4. The van der Waals surface area contributed by atoms with Crippen LogP contribution in [-0.2, 0) is 0 Å². The molecule has 0 bridgehead atoms. The molecule has 1 aliphatic rings. The molecule has 9 nitrogen and oxygen atoms in total. The summed E-state index contributed by atoms with van der Waals surface area (Å²) in [5.74, 6) is 1.48. The van der Waals surface area contributed by atoms with Gasteiger partial charge in [0.2, 0.25) is 0 Å². The van der Waals surface area contributed by atoms with Crippen molar-refractivity contribution in [3.63, 3.8) is 0 Å².